The summed E-state index contributed by atoms with van der Waals surface area (Å²) >= 11 is 0. The molecule has 46 heavy (non-hydrogen) atoms. The highest BCUT2D eigenvalue weighted by Gasteiger charge is 2.40. The van der Waals surface area contributed by atoms with E-state index < -0.39 is 78.9 Å². The first kappa shape index (κ1) is 36.2. The normalized spacial score (nSPS) is 15.4. The average molecular weight is 653 g/mol. The Kier molecular flexibility index (Phi) is 12.3. The number of nitrogens with two attached hydrogens (primary N) is 1. The second kappa shape index (κ2) is 15.6. The van der Waals surface area contributed by atoms with Crippen LogP contribution in [0.15, 0.2) is 54.6 Å². The van der Waals surface area contributed by atoms with Crippen molar-refractivity contribution in [2.24, 2.45) is 5.73 Å². The molecule has 1 fully saturated rings. The highest BCUT2D eigenvalue weighted by atomic mass is 19.4. The van der Waals surface area contributed by atoms with Gasteiger partial charge >= 0.3 is 30.1 Å². The fourth-order valence-corrected chi connectivity index (χ4v) is 3.86. The number of rotatable bonds is 12. The summed E-state index contributed by atoms with van der Waals surface area (Å²) in [4.78, 5) is 83.1. The molecule has 0 saturated carbocycles. The van der Waals surface area contributed by atoms with Crippen molar-refractivity contribution in [3.63, 3.8) is 0 Å². The van der Waals surface area contributed by atoms with Crippen LogP contribution in [0.25, 0.3) is 0 Å². The number of carbonyl (C=O) groups is 7. The molecule has 0 aliphatic carbocycles. The van der Waals surface area contributed by atoms with Gasteiger partial charge in [0, 0.05) is 12.0 Å². The number of alkyl halides is 3. The van der Waals surface area contributed by atoms with E-state index in [2.05, 4.69) is 16.0 Å². The monoisotopic (exact) mass is 652 g/mol. The summed E-state index contributed by atoms with van der Waals surface area (Å²) in [6, 6.07) is 9.09. The van der Waals surface area contributed by atoms with Crippen molar-refractivity contribution in [2.45, 2.75) is 37.1 Å². The molecule has 246 valence electrons. The minimum atomic E-state index is -5.08. The van der Waals surface area contributed by atoms with E-state index in [0.29, 0.717) is 16.0 Å². The molecule has 19 heteroatoms. The molecule has 9 N–H and O–H groups in total. The van der Waals surface area contributed by atoms with Crippen molar-refractivity contribution >= 4 is 47.5 Å². The molecule has 1 aliphatic heterocycles. The zero-order valence-electron chi connectivity index (χ0n) is 23.4. The number of nitrogen functional groups attached to an aromatic ring is 1. The van der Waals surface area contributed by atoms with Crippen LogP contribution in [0.2, 0.25) is 0 Å². The number of amidine groups is 1. The van der Waals surface area contributed by atoms with Gasteiger partial charge in [-0.1, -0.05) is 54.6 Å². The molecular weight excluding hydrogens is 625 g/mol. The van der Waals surface area contributed by atoms with Gasteiger partial charge in [0.2, 0.25) is 11.8 Å². The zero-order chi connectivity index (χ0) is 34.8. The second-order valence-electron chi connectivity index (χ2n) is 9.45. The first-order chi connectivity index (χ1) is 21.4. The van der Waals surface area contributed by atoms with E-state index in [1.165, 1.54) is 12.1 Å². The number of benzene rings is 2. The Morgan fingerprint density at radius 2 is 1.52 bits per heavy atom. The number of imide groups is 1. The first-order valence-electron chi connectivity index (χ1n) is 12.8. The lowest BCUT2D eigenvalue weighted by molar-refractivity contribution is -0.192. The minimum Gasteiger partial charge on any atom is -0.481 e. The van der Waals surface area contributed by atoms with Gasteiger partial charge in [-0.3, -0.25) is 29.5 Å². The topological polar surface area (TPSA) is 269 Å². The number of carbonyl (C=O) groups excluding carboxylic acids is 4. The fourth-order valence-electron chi connectivity index (χ4n) is 3.86. The second-order valence-corrected chi connectivity index (χ2v) is 9.45. The largest absolute Gasteiger partial charge is 0.490 e. The van der Waals surface area contributed by atoms with E-state index in [1.54, 1.807) is 42.5 Å². The molecule has 2 aromatic rings. The predicted molar refractivity (Wildman–Crippen MR) is 148 cm³/mol. The smallest absolute Gasteiger partial charge is 0.481 e. The lowest BCUT2D eigenvalue weighted by atomic mass is 10.0. The summed E-state index contributed by atoms with van der Waals surface area (Å²) in [5, 5.41) is 40.1. The van der Waals surface area contributed by atoms with E-state index in [1.807, 2.05) is 0 Å². The van der Waals surface area contributed by atoms with Gasteiger partial charge in [0.25, 0.3) is 5.91 Å². The van der Waals surface area contributed by atoms with Gasteiger partial charge in [0.15, 0.2) is 6.04 Å². The molecule has 0 aromatic heterocycles. The van der Waals surface area contributed by atoms with Crippen LogP contribution in [-0.4, -0.2) is 92.5 Å². The van der Waals surface area contributed by atoms with E-state index in [9.17, 15) is 52.2 Å². The summed E-state index contributed by atoms with van der Waals surface area (Å²) in [6.07, 6.45) is -5.86. The summed E-state index contributed by atoms with van der Waals surface area (Å²) in [6.45, 7) is -0.797. The number of hydrogen-bond acceptors (Lipinski definition) is 8. The highest BCUT2D eigenvalue weighted by molar-refractivity contribution is 6.07. The molecule has 1 heterocycles. The lowest BCUT2D eigenvalue weighted by Gasteiger charge is -2.21. The number of nitrogens with one attached hydrogen (secondary N) is 4. The van der Waals surface area contributed by atoms with Crippen LogP contribution in [0.1, 0.15) is 29.2 Å². The molecule has 1 saturated heterocycles. The van der Waals surface area contributed by atoms with E-state index in [4.69, 9.17) is 21.0 Å². The summed E-state index contributed by atoms with van der Waals surface area (Å²) < 4.78 is 31.7. The van der Waals surface area contributed by atoms with Gasteiger partial charge in [-0.15, -0.1) is 0 Å². The van der Waals surface area contributed by atoms with E-state index >= 15 is 0 Å². The van der Waals surface area contributed by atoms with Crippen LogP contribution in [0.3, 0.4) is 0 Å². The van der Waals surface area contributed by atoms with Crippen molar-refractivity contribution < 1.29 is 62.1 Å². The van der Waals surface area contributed by atoms with Gasteiger partial charge in [-0.05, 0) is 11.1 Å². The van der Waals surface area contributed by atoms with Crippen LogP contribution >= 0.6 is 0 Å². The maximum Gasteiger partial charge on any atom is 0.490 e. The third-order valence-corrected chi connectivity index (χ3v) is 6.05. The van der Waals surface area contributed by atoms with Gasteiger partial charge in [0.1, 0.15) is 24.5 Å². The van der Waals surface area contributed by atoms with Gasteiger partial charge in [0.05, 0.1) is 6.42 Å². The Morgan fingerprint density at radius 3 is 2.00 bits per heavy atom. The summed E-state index contributed by atoms with van der Waals surface area (Å²) in [7, 11) is 0. The SMILES string of the molecule is N=C(N)c1ccc(CC2NC(=O)N(CC(=O)N[C@@H](CC(=O)O)C(=O)N[C@H](C(=O)O)c3ccccc3)C2=O)cc1.O=C(O)C(F)(F)F. The number of urea groups is 1. The molecule has 2 aromatic carbocycles. The molecule has 0 bridgehead atoms. The highest BCUT2D eigenvalue weighted by Crippen LogP contribution is 2.15. The van der Waals surface area contributed by atoms with Crippen LogP contribution in [0, 0.1) is 5.41 Å². The van der Waals surface area contributed by atoms with E-state index in [0.717, 1.165) is 0 Å². The predicted octanol–water partition coefficient (Wildman–Crippen LogP) is -0.0315. The van der Waals surface area contributed by atoms with Crippen LogP contribution in [0.5, 0.6) is 0 Å². The number of hydrogen-bond donors (Lipinski definition) is 8. The van der Waals surface area contributed by atoms with Crippen molar-refractivity contribution in [3.8, 4) is 0 Å². The molecule has 0 radical (unpaired) electrons. The number of aliphatic carboxylic acids is 3. The van der Waals surface area contributed by atoms with E-state index in [-0.39, 0.29) is 17.8 Å². The molecule has 1 unspecified atom stereocenters. The lowest BCUT2D eigenvalue weighted by Crippen LogP contribution is -2.52. The van der Waals surface area contributed by atoms with Crippen molar-refractivity contribution in [1.82, 2.24) is 20.9 Å². The van der Waals surface area contributed by atoms with Crippen LogP contribution < -0.4 is 21.7 Å². The van der Waals surface area contributed by atoms with Gasteiger partial charge in [-0.25, -0.2) is 14.4 Å². The number of nitrogens with zero attached hydrogens (tertiary/aromatic N) is 1. The maximum atomic E-state index is 12.8. The summed E-state index contributed by atoms with van der Waals surface area (Å²) in [5.74, 6) is -8.53. The standard InChI is InChI=1S/C25H26N6O8.C2HF3O2/c26-21(27)15-8-6-13(7-9-15)10-17-23(36)31(25(39)29-17)12-18(32)28-16(11-19(33)34)22(35)30-20(24(37)38)14-4-2-1-3-5-14;3-2(4,5)1(6)7/h1-9,16-17,20H,10-12H2,(H3,26,27)(H,28,32)(H,29,39)(H,30,35)(H,33,34)(H,37,38);(H,6,7)/t16-,17?,20-;/m0./s1. The Balaban J connectivity index is 0.000000942. The van der Waals surface area contributed by atoms with Crippen LogP contribution in [-0.2, 0) is 35.2 Å². The van der Waals surface area contributed by atoms with Crippen molar-refractivity contribution in [1.29, 1.82) is 5.41 Å². The maximum absolute atomic E-state index is 12.8. The third-order valence-electron chi connectivity index (χ3n) is 6.05. The quantitative estimate of drug-likeness (QED) is 0.0857. The van der Waals surface area contributed by atoms with Crippen molar-refractivity contribution in [2.75, 3.05) is 6.54 Å². The minimum absolute atomic E-state index is 0.0982. The molecular formula is C27H27F3N6O10. The average Bonchev–Trinajstić information content (AvgIpc) is 3.22. The molecule has 1 aliphatic rings. The molecule has 3 atom stereocenters. The molecule has 0 spiro atoms. The Bertz CT molecular complexity index is 1500. The van der Waals surface area contributed by atoms with Crippen molar-refractivity contribution in [3.05, 3.63) is 71.3 Å². The summed E-state index contributed by atoms with van der Waals surface area (Å²) in [5.41, 5.74) is 6.79. The fraction of sp³-hybridized carbons (Fsp3) is 0.259. The van der Waals surface area contributed by atoms with Gasteiger partial charge in [-0.2, -0.15) is 13.2 Å². The molecule has 5 amide bonds. The Hall–Kier alpha value is -6.01. The number of carboxylic acid groups (broad SMARTS) is 3. The number of amides is 5. The van der Waals surface area contributed by atoms with Crippen LogP contribution in [0.4, 0.5) is 18.0 Å². The number of halogens is 3. The Morgan fingerprint density at radius 1 is 0.957 bits per heavy atom. The molecule has 3 rings (SSSR count). The zero-order valence-corrected chi connectivity index (χ0v) is 23.4. The van der Waals surface area contributed by atoms with Gasteiger partial charge < -0.3 is 37.0 Å². The third kappa shape index (κ3) is 10.6. The number of carboxylic acids is 3. The Labute approximate surface area is 256 Å². The first-order valence-corrected chi connectivity index (χ1v) is 12.8. The molecule has 16 nitrogen and oxygen atoms in total.